The maximum atomic E-state index is 13.0. The third kappa shape index (κ3) is 3.59. The van der Waals surface area contributed by atoms with Crippen molar-refractivity contribution in [2.75, 3.05) is 0 Å². The Morgan fingerprint density at radius 2 is 1.87 bits per heavy atom. The lowest BCUT2D eigenvalue weighted by molar-refractivity contribution is 0.438. The predicted molar refractivity (Wildman–Crippen MR) is 60.3 cm³/mol. The van der Waals surface area contributed by atoms with Crippen LogP contribution in [-0.2, 0) is 0 Å². The molecule has 2 nitrogen and oxygen atoms in total. The summed E-state index contributed by atoms with van der Waals surface area (Å²) in [5, 5.41) is 3.41. The summed E-state index contributed by atoms with van der Waals surface area (Å²) in [6, 6.07) is 2.30. The molecule has 0 bridgehead atoms. The van der Waals surface area contributed by atoms with Gasteiger partial charge in [-0.2, -0.15) is 0 Å². The van der Waals surface area contributed by atoms with Crippen LogP contribution in [0.2, 0.25) is 0 Å². The Bertz CT molecular complexity index is 312. The highest BCUT2D eigenvalue weighted by Crippen LogP contribution is 2.19. The fraction of sp³-hybridized carbons (Fsp3) is 0.583. The molecule has 1 rings (SSSR count). The van der Waals surface area contributed by atoms with E-state index in [2.05, 4.69) is 38.0 Å². The lowest BCUT2D eigenvalue weighted by Gasteiger charge is -2.23. The van der Waals surface area contributed by atoms with Crippen molar-refractivity contribution < 1.29 is 4.39 Å². The first kappa shape index (κ1) is 12.1. The molecule has 0 saturated heterocycles. The van der Waals surface area contributed by atoms with Crippen LogP contribution in [0.15, 0.2) is 18.5 Å². The van der Waals surface area contributed by atoms with Crippen molar-refractivity contribution in [2.45, 2.75) is 45.7 Å². The van der Waals surface area contributed by atoms with E-state index in [-0.39, 0.29) is 11.7 Å². The average molecular weight is 210 g/mol. The summed E-state index contributed by atoms with van der Waals surface area (Å²) in [5.74, 6) is -0.00769. The predicted octanol–water partition coefficient (Wildman–Crippen LogP) is 2.71. The lowest BCUT2D eigenvalue weighted by Crippen LogP contribution is -2.36. The van der Waals surface area contributed by atoms with Crippen LogP contribution < -0.4 is 5.32 Å². The van der Waals surface area contributed by atoms with Gasteiger partial charge in [-0.3, -0.25) is 4.98 Å². The van der Waals surface area contributed by atoms with E-state index in [0.717, 1.165) is 5.56 Å². The minimum atomic E-state index is -0.268. The van der Waals surface area contributed by atoms with E-state index >= 15 is 0 Å². The van der Waals surface area contributed by atoms with Crippen LogP contribution in [0.25, 0.3) is 0 Å². The quantitative estimate of drug-likeness (QED) is 0.826. The van der Waals surface area contributed by atoms with Gasteiger partial charge in [0.2, 0.25) is 0 Å². The normalized spacial score (nSPS) is 15.3. The Balaban J connectivity index is 2.71. The van der Waals surface area contributed by atoms with E-state index in [0.29, 0.717) is 12.1 Å². The number of nitrogens with one attached hydrogen (secondary N) is 1. The molecule has 2 unspecified atom stereocenters. The molecule has 84 valence electrons. The van der Waals surface area contributed by atoms with Gasteiger partial charge < -0.3 is 5.32 Å². The van der Waals surface area contributed by atoms with Crippen molar-refractivity contribution in [3.05, 3.63) is 29.8 Å². The average Bonchev–Trinajstić information content (AvgIpc) is 2.15. The van der Waals surface area contributed by atoms with Crippen LogP contribution in [0.4, 0.5) is 4.39 Å². The second-order valence-corrected chi connectivity index (χ2v) is 4.34. The summed E-state index contributed by atoms with van der Waals surface area (Å²) in [4.78, 5) is 3.86. The number of hydrogen-bond donors (Lipinski definition) is 1. The Morgan fingerprint density at radius 1 is 1.20 bits per heavy atom. The van der Waals surface area contributed by atoms with Crippen LogP contribution >= 0.6 is 0 Å². The van der Waals surface area contributed by atoms with Crippen LogP contribution in [0, 0.1) is 5.82 Å². The second kappa shape index (κ2) is 5.21. The highest BCUT2D eigenvalue weighted by molar-refractivity contribution is 5.16. The fourth-order valence-corrected chi connectivity index (χ4v) is 1.64. The summed E-state index contributed by atoms with van der Waals surface area (Å²) in [5.41, 5.74) is 0.940. The lowest BCUT2D eigenvalue weighted by atomic mass is 9.95. The summed E-state index contributed by atoms with van der Waals surface area (Å²) in [6.45, 7) is 8.40. The topological polar surface area (TPSA) is 24.9 Å². The van der Waals surface area contributed by atoms with Gasteiger partial charge in [0.25, 0.3) is 0 Å². The number of nitrogens with zero attached hydrogens (tertiary/aromatic N) is 1. The van der Waals surface area contributed by atoms with Gasteiger partial charge >= 0.3 is 0 Å². The van der Waals surface area contributed by atoms with E-state index in [9.17, 15) is 4.39 Å². The summed E-state index contributed by atoms with van der Waals surface area (Å²) in [6.07, 6.45) is 2.96. The largest absolute Gasteiger partial charge is 0.311 e. The van der Waals surface area contributed by atoms with Crippen LogP contribution in [-0.4, -0.2) is 17.1 Å². The van der Waals surface area contributed by atoms with E-state index in [4.69, 9.17) is 0 Å². The monoisotopic (exact) mass is 210 g/mol. The molecule has 2 atom stereocenters. The smallest absolute Gasteiger partial charge is 0.141 e. The van der Waals surface area contributed by atoms with Crippen molar-refractivity contribution in [1.29, 1.82) is 0 Å². The zero-order valence-electron chi connectivity index (χ0n) is 9.79. The number of hydrogen-bond acceptors (Lipinski definition) is 2. The Morgan fingerprint density at radius 3 is 2.40 bits per heavy atom. The van der Waals surface area contributed by atoms with Gasteiger partial charge in [-0.15, -0.1) is 0 Å². The third-order valence-electron chi connectivity index (χ3n) is 2.60. The SMILES string of the molecule is CC(C)NC(C)C(C)c1cncc(F)c1. The van der Waals surface area contributed by atoms with Crippen molar-refractivity contribution in [2.24, 2.45) is 0 Å². The van der Waals surface area contributed by atoms with Crippen LogP contribution in [0.3, 0.4) is 0 Å². The van der Waals surface area contributed by atoms with E-state index in [1.54, 1.807) is 12.3 Å². The third-order valence-corrected chi connectivity index (χ3v) is 2.60. The number of aromatic nitrogens is 1. The molecule has 1 heterocycles. The maximum absolute atomic E-state index is 13.0. The first-order chi connectivity index (χ1) is 7.00. The Labute approximate surface area is 90.9 Å². The zero-order chi connectivity index (χ0) is 11.4. The molecule has 0 aliphatic heterocycles. The van der Waals surface area contributed by atoms with Crippen molar-refractivity contribution in [1.82, 2.24) is 10.3 Å². The van der Waals surface area contributed by atoms with Gasteiger partial charge in [-0.1, -0.05) is 20.8 Å². The van der Waals surface area contributed by atoms with Crippen LogP contribution in [0.5, 0.6) is 0 Å². The molecule has 0 saturated carbocycles. The number of rotatable bonds is 4. The molecule has 0 spiro atoms. The Kier molecular flexibility index (Phi) is 4.21. The first-order valence-corrected chi connectivity index (χ1v) is 5.37. The molecule has 0 aromatic carbocycles. The molecule has 0 aliphatic carbocycles. The maximum Gasteiger partial charge on any atom is 0.141 e. The summed E-state index contributed by atoms with van der Waals surface area (Å²) in [7, 11) is 0. The molecule has 1 N–H and O–H groups in total. The summed E-state index contributed by atoms with van der Waals surface area (Å²) >= 11 is 0. The Hall–Kier alpha value is -0.960. The number of pyridine rings is 1. The highest BCUT2D eigenvalue weighted by atomic mass is 19.1. The van der Waals surface area contributed by atoms with Gasteiger partial charge in [-0.05, 0) is 24.5 Å². The zero-order valence-corrected chi connectivity index (χ0v) is 9.79. The second-order valence-electron chi connectivity index (χ2n) is 4.34. The standard InChI is InChI=1S/C12H19FN2/c1-8(2)15-10(4)9(3)11-5-12(13)7-14-6-11/h5-10,15H,1-4H3. The van der Waals surface area contributed by atoms with Gasteiger partial charge in [0, 0.05) is 18.3 Å². The molecule has 3 heteroatoms. The van der Waals surface area contributed by atoms with Crippen molar-refractivity contribution in [3.8, 4) is 0 Å². The molecule has 1 aromatic heterocycles. The molecule has 0 fully saturated rings. The first-order valence-electron chi connectivity index (χ1n) is 5.37. The summed E-state index contributed by atoms with van der Waals surface area (Å²) < 4.78 is 13.0. The van der Waals surface area contributed by atoms with Gasteiger partial charge in [0.15, 0.2) is 0 Å². The molecular formula is C12H19FN2. The van der Waals surface area contributed by atoms with E-state index < -0.39 is 0 Å². The minimum Gasteiger partial charge on any atom is -0.311 e. The van der Waals surface area contributed by atoms with Crippen molar-refractivity contribution in [3.63, 3.8) is 0 Å². The van der Waals surface area contributed by atoms with E-state index in [1.807, 2.05) is 0 Å². The molecule has 0 amide bonds. The van der Waals surface area contributed by atoms with E-state index in [1.165, 1.54) is 6.20 Å². The highest BCUT2D eigenvalue weighted by Gasteiger charge is 2.15. The molecule has 1 aromatic rings. The van der Waals surface area contributed by atoms with Crippen LogP contribution in [0.1, 0.15) is 39.2 Å². The van der Waals surface area contributed by atoms with Gasteiger partial charge in [-0.25, -0.2) is 4.39 Å². The molecule has 15 heavy (non-hydrogen) atoms. The van der Waals surface area contributed by atoms with Gasteiger partial charge in [0.05, 0.1) is 6.20 Å². The molecular weight excluding hydrogens is 191 g/mol. The fourth-order valence-electron chi connectivity index (χ4n) is 1.64. The van der Waals surface area contributed by atoms with Crippen molar-refractivity contribution >= 4 is 0 Å². The minimum absolute atomic E-state index is 0.260. The molecule has 0 aliphatic rings. The van der Waals surface area contributed by atoms with Gasteiger partial charge in [0.1, 0.15) is 5.82 Å². The number of halogens is 1. The molecule has 0 radical (unpaired) electrons.